The van der Waals surface area contributed by atoms with E-state index >= 15 is 0 Å². The highest BCUT2D eigenvalue weighted by molar-refractivity contribution is 7.93. The lowest BCUT2D eigenvalue weighted by atomic mass is 9.98. The Morgan fingerprint density at radius 1 is 1.31 bits per heavy atom. The van der Waals surface area contributed by atoms with Crippen LogP contribution < -0.4 is 0 Å². The summed E-state index contributed by atoms with van der Waals surface area (Å²) in [5, 5.41) is 14.6. The number of aliphatic hydroxyl groups is 1. The second kappa shape index (κ2) is 6.29. The molecule has 1 fully saturated rings. The van der Waals surface area contributed by atoms with Gasteiger partial charge in [-0.05, 0) is 30.0 Å². The van der Waals surface area contributed by atoms with E-state index in [9.17, 15) is 13.5 Å². The van der Waals surface area contributed by atoms with Crippen LogP contribution in [0.2, 0.25) is 0 Å². The molecule has 8 heteroatoms. The van der Waals surface area contributed by atoms with Crippen molar-refractivity contribution in [3.8, 4) is 0 Å². The van der Waals surface area contributed by atoms with Gasteiger partial charge in [-0.1, -0.05) is 36.3 Å². The molecule has 0 bridgehead atoms. The molecular formula is C18H21N3O4S. The Bertz CT molecular complexity index is 966. The first-order chi connectivity index (χ1) is 12.4. The molecule has 1 atom stereocenters. The summed E-state index contributed by atoms with van der Waals surface area (Å²) in [7, 11) is -3.64. The van der Waals surface area contributed by atoms with Crippen LogP contribution in [0, 0.1) is 0 Å². The van der Waals surface area contributed by atoms with Crippen molar-refractivity contribution in [3.05, 3.63) is 52.0 Å². The molecule has 2 aliphatic rings. The number of hydrogen-bond donors (Lipinski definition) is 1. The number of sulfonamides is 1. The average Bonchev–Trinajstić information content (AvgIpc) is 3.29. The van der Waals surface area contributed by atoms with Gasteiger partial charge < -0.3 is 9.63 Å². The monoisotopic (exact) mass is 375 g/mol. The third-order valence-corrected chi connectivity index (χ3v) is 7.05. The Balaban J connectivity index is 1.59. The molecule has 4 rings (SSSR count). The zero-order valence-corrected chi connectivity index (χ0v) is 15.4. The molecular weight excluding hydrogens is 354 g/mol. The molecule has 1 N–H and O–H groups in total. The van der Waals surface area contributed by atoms with Gasteiger partial charge in [0.25, 0.3) is 5.89 Å². The van der Waals surface area contributed by atoms with Gasteiger partial charge in [-0.2, -0.15) is 9.29 Å². The Hall–Kier alpha value is -2.03. The lowest BCUT2D eigenvalue weighted by molar-refractivity contribution is 0.0194. The minimum absolute atomic E-state index is 0.0698. The van der Waals surface area contributed by atoms with Crippen LogP contribution in [0.4, 0.5) is 0 Å². The number of aromatic nitrogens is 2. The Morgan fingerprint density at radius 2 is 2.12 bits per heavy atom. The summed E-state index contributed by atoms with van der Waals surface area (Å²) in [6.45, 7) is 2.04. The second-order valence-electron chi connectivity index (χ2n) is 6.80. The van der Waals surface area contributed by atoms with E-state index in [1.165, 1.54) is 4.31 Å². The number of allylic oxidation sites excluding steroid dienone is 1. The first-order valence-electron chi connectivity index (χ1n) is 8.76. The molecule has 1 unspecified atom stereocenters. The van der Waals surface area contributed by atoms with Gasteiger partial charge in [0, 0.05) is 19.4 Å². The summed E-state index contributed by atoms with van der Waals surface area (Å²) in [6, 6.07) is 7.81. The molecule has 1 aromatic carbocycles. The number of nitrogens with zero attached hydrogens (tertiary/aromatic N) is 3. The molecule has 26 heavy (non-hydrogen) atoms. The number of β-amino-alcohol motifs (C(OH)–C–C–N with tert-alkyl or cyclic N) is 1. The van der Waals surface area contributed by atoms with Gasteiger partial charge >= 0.3 is 0 Å². The predicted octanol–water partition coefficient (Wildman–Crippen LogP) is 1.84. The zero-order chi connectivity index (χ0) is 18.4. The molecule has 2 heterocycles. The van der Waals surface area contributed by atoms with Gasteiger partial charge in [0.05, 0.1) is 11.4 Å². The van der Waals surface area contributed by atoms with Gasteiger partial charge in [-0.3, -0.25) is 0 Å². The van der Waals surface area contributed by atoms with E-state index in [0.29, 0.717) is 30.0 Å². The molecule has 0 spiro atoms. The third kappa shape index (κ3) is 2.87. The van der Waals surface area contributed by atoms with Crippen LogP contribution in [-0.4, -0.2) is 41.1 Å². The molecule has 0 amide bonds. The fourth-order valence-corrected chi connectivity index (χ4v) is 5.18. The maximum atomic E-state index is 13.1. The van der Waals surface area contributed by atoms with Crippen molar-refractivity contribution in [1.29, 1.82) is 0 Å². The van der Waals surface area contributed by atoms with Crippen molar-refractivity contribution < 1.29 is 18.0 Å². The average molecular weight is 375 g/mol. The molecule has 0 saturated carbocycles. The highest BCUT2D eigenvalue weighted by Crippen LogP contribution is 2.36. The summed E-state index contributed by atoms with van der Waals surface area (Å²) in [6.07, 6.45) is 3.74. The van der Waals surface area contributed by atoms with Crippen LogP contribution in [0.1, 0.15) is 42.6 Å². The van der Waals surface area contributed by atoms with Gasteiger partial charge in [0.15, 0.2) is 11.4 Å². The first kappa shape index (κ1) is 17.4. The van der Waals surface area contributed by atoms with Crippen molar-refractivity contribution >= 4 is 16.1 Å². The number of benzene rings is 1. The second-order valence-corrected chi connectivity index (χ2v) is 8.79. The maximum absolute atomic E-state index is 13.1. The van der Waals surface area contributed by atoms with Crippen molar-refractivity contribution in [1.82, 2.24) is 14.4 Å². The lowest BCUT2D eigenvalue weighted by Crippen LogP contribution is -2.35. The minimum Gasteiger partial charge on any atom is -0.379 e. The van der Waals surface area contributed by atoms with Gasteiger partial charge in [0.1, 0.15) is 0 Å². The van der Waals surface area contributed by atoms with Gasteiger partial charge in [-0.25, -0.2) is 8.42 Å². The van der Waals surface area contributed by atoms with E-state index < -0.39 is 15.6 Å². The van der Waals surface area contributed by atoms with Gasteiger partial charge in [0.2, 0.25) is 10.0 Å². The molecule has 7 nitrogen and oxygen atoms in total. The lowest BCUT2D eigenvalue weighted by Gasteiger charge is -2.23. The van der Waals surface area contributed by atoms with Crippen molar-refractivity contribution in [3.63, 3.8) is 0 Å². The van der Waals surface area contributed by atoms with E-state index in [2.05, 4.69) is 10.1 Å². The number of rotatable bonds is 4. The first-order valence-corrected chi connectivity index (χ1v) is 10.2. The molecule has 1 saturated heterocycles. The summed E-state index contributed by atoms with van der Waals surface area (Å²) < 4.78 is 32.6. The fourth-order valence-electron chi connectivity index (χ4n) is 3.50. The smallest absolute Gasteiger partial charge is 0.260 e. The van der Waals surface area contributed by atoms with Crippen molar-refractivity contribution in [2.75, 3.05) is 13.1 Å². The Kier molecular flexibility index (Phi) is 4.21. The topological polar surface area (TPSA) is 96.5 Å². The Morgan fingerprint density at radius 3 is 2.88 bits per heavy atom. The van der Waals surface area contributed by atoms with Crippen LogP contribution in [0.15, 0.2) is 33.7 Å². The van der Waals surface area contributed by atoms with E-state index in [0.717, 1.165) is 11.1 Å². The minimum atomic E-state index is -3.64. The van der Waals surface area contributed by atoms with Crippen LogP contribution in [0.3, 0.4) is 0 Å². The van der Waals surface area contributed by atoms with Crippen LogP contribution >= 0.6 is 0 Å². The molecule has 1 aliphatic heterocycles. The molecule has 2 aromatic rings. The molecule has 1 aromatic heterocycles. The fraction of sp³-hybridized carbons (Fsp3) is 0.444. The van der Waals surface area contributed by atoms with Crippen LogP contribution in [0.25, 0.3) is 6.08 Å². The van der Waals surface area contributed by atoms with E-state index in [1.807, 2.05) is 31.2 Å². The van der Waals surface area contributed by atoms with E-state index in [1.54, 1.807) is 6.08 Å². The maximum Gasteiger partial charge on any atom is 0.260 e. The van der Waals surface area contributed by atoms with Gasteiger partial charge in [-0.15, -0.1) is 0 Å². The molecule has 0 radical (unpaired) electrons. The quantitative estimate of drug-likeness (QED) is 0.876. The van der Waals surface area contributed by atoms with Crippen LogP contribution in [0.5, 0.6) is 0 Å². The standard InChI is InChI=1S/C18H21N3O4S/c1-2-16-19-17(25-20-16)18(22)9-10-21(12-18)26(23,24)15-8-7-13-5-3-4-6-14(13)11-15/h3-6,11,22H,2,7-10,12H2,1H3. The van der Waals surface area contributed by atoms with E-state index in [4.69, 9.17) is 4.52 Å². The third-order valence-electron chi connectivity index (χ3n) is 5.08. The predicted molar refractivity (Wildman–Crippen MR) is 95.4 cm³/mol. The van der Waals surface area contributed by atoms with Crippen molar-refractivity contribution in [2.45, 2.75) is 38.2 Å². The zero-order valence-electron chi connectivity index (χ0n) is 14.6. The highest BCUT2D eigenvalue weighted by Gasteiger charge is 2.47. The normalized spacial score (nSPS) is 23.7. The number of aryl methyl sites for hydroxylation is 2. The summed E-state index contributed by atoms with van der Waals surface area (Å²) in [5.74, 6) is 0.594. The SMILES string of the molecule is CCc1noc(C2(O)CCN(S(=O)(=O)C3=Cc4ccccc4CC3)C2)n1. The van der Waals surface area contributed by atoms with E-state index in [-0.39, 0.29) is 25.4 Å². The summed E-state index contributed by atoms with van der Waals surface area (Å²) >= 11 is 0. The Labute approximate surface area is 152 Å². The van der Waals surface area contributed by atoms with Crippen molar-refractivity contribution in [2.24, 2.45) is 0 Å². The van der Waals surface area contributed by atoms with Crippen LogP contribution in [-0.2, 0) is 28.5 Å². The number of fused-ring (bicyclic) bond motifs is 1. The summed E-state index contributed by atoms with van der Waals surface area (Å²) in [5.41, 5.74) is 0.666. The molecule has 1 aliphatic carbocycles. The molecule has 138 valence electrons. The summed E-state index contributed by atoms with van der Waals surface area (Å²) in [4.78, 5) is 4.57. The largest absolute Gasteiger partial charge is 0.379 e. The highest BCUT2D eigenvalue weighted by atomic mass is 32.2. The number of hydrogen-bond acceptors (Lipinski definition) is 6.